The number of nitrogens with zero attached hydrogens (tertiary/aromatic N) is 2. The van der Waals surface area contributed by atoms with Crippen molar-refractivity contribution in [3.8, 4) is 0 Å². The van der Waals surface area contributed by atoms with E-state index < -0.39 is 0 Å². The lowest BCUT2D eigenvalue weighted by molar-refractivity contribution is 0.610. The fraction of sp³-hybridized carbons (Fsp3) is 0.400. The lowest BCUT2D eigenvalue weighted by Gasteiger charge is -2.19. The Balaban J connectivity index is 2.08. The summed E-state index contributed by atoms with van der Waals surface area (Å²) < 4.78 is 14.2. The summed E-state index contributed by atoms with van der Waals surface area (Å²) in [6.45, 7) is 2.64. The Hall–Kier alpha value is -1.46. The summed E-state index contributed by atoms with van der Waals surface area (Å²) in [5.41, 5.74) is 10.2. The highest BCUT2D eigenvalue weighted by Gasteiger charge is 2.11. The van der Waals surface area contributed by atoms with E-state index in [1.165, 1.54) is 0 Å². The number of rotatable bonds is 6. The summed E-state index contributed by atoms with van der Waals surface area (Å²) in [5, 5.41) is 1.98. The summed E-state index contributed by atoms with van der Waals surface area (Å²) in [5.74, 6) is -0.205. The fourth-order valence-corrected chi connectivity index (χ4v) is 2.63. The van der Waals surface area contributed by atoms with Crippen LogP contribution in [0.25, 0.3) is 0 Å². The number of hydrogen-bond acceptors (Lipinski definition) is 4. The van der Waals surface area contributed by atoms with Crippen molar-refractivity contribution in [1.29, 1.82) is 0 Å². The molecule has 2 aromatic rings. The molecule has 0 fully saturated rings. The van der Waals surface area contributed by atoms with Crippen molar-refractivity contribution >= 4 is 17.0 Å². The third-order valence-electron chi connectivity index (χ3n) is 3.33. The molecule has 0 aliphatic carbocycles. The minimum absolute atomic E-state index is 0.0907. The highest BCUT2D eigenvalue weighted by Crippen LogP contribution is 2.22. The van der Waals surface area contributed by atoms with Crippen LogP contribution in [0.1, 0.15) is 24.6 Å². The van der Waals surface area contributed by atoms with Gasteiger partial charge in [-0.2, -0.15) is 0 Å². The molecular weight excluding hydrogens is 273 g/mol. The monoisotopic (exact) mass is 293 g/mol. The molecule has 0 saturated heterocycles. The van der Waals surface area contributed by atoms with E-state index in [0.717, 1.165) is 17.7 Å². The normalized spacial score (nSPS) is 12.4. The van der Waals surface area contributed by atoms with Gasteiger partial charge >= 0.3 is 0 Å². The van der Waals surface area contributed by atoms with Crippen molar-refractivity contribution in [1.82, 2.24) is 4.98 Å². The van der Waals surface area contributed by atoms with E-state index in [-0.39, 0.29) is 11.9 Å². The van der Waals surface area contributed by atoms with E-state index >= 15 is 0 Å². The number of benzene rings is 1. The van der Waals surface area contributed by atoms with Crippen molar-refractivity contribution < 1.29 is 4.39 Å². The first kappa shape index (κ1) is 14.9. The lowest BCUT2D eigenvalue weighted by Crippen LogP contribution is -2.22. The van der Waals surface area contributed by atoms with Crippen LogP contribution in [0.4, 0.5) is 10.1 Å². The number of anilines is 1. The van der Waals surface area contributed by atoms with Gasteiger partial charge in [-0.1, -0.05) is 13.0 Å². The summed E-state index contributed by atoms with van der Waals surface area (Å²) in [7, 11) is 1.87. The molecule has 1 atom stereocenters. The van der Waals surface area contributed by atoms with Gasteiger partial charge in [0.05, 0.1) is 23.4 Å². The van der Waals surface area contributed by atoms with Crippen LogP contribution >= 0.6 is 11.3 Å². The summed E-state index contributed by atoms with van der Waals surface area (Å²) in [4.78, 5) is 6.09. The Morgan fingerprint density at radius 1 is 1.45 bits per heavy atom. The van der Waals surface area contributed by atoms with Crippen molar-refractivity contribution in [3.05, 3.63) is 46.2 Å². The number of aromatic nitrogens is 1. The van der Waals surface area contributed by atoms with E-state index in [1.54, 1.807) is 22.9 Å². The first-order chi connectivity index (χ1) is 9.60. The molecule has 108 valence electrons. The Labute approximate surface area is 123 Å². The Morgan fingerprint density at radius 3 is 2.85 bits per heavy atom. The van der Waals surface area contributed by atoms with Gasteiger partial charge in [-0.25, -0.2) is 9.37 Å². The zero-order chi connectivity index (χ0) is 14.5. The maximum absolute atomic E-state index is 14.2. The van der Waals surface area contributed by atoms with Crippen LogP contribution in [-0.2, 0) is 13.0 Å². The Kier molecular flexibility index (Phi) is 5.09. The van der Waals surface area contributed by atoms with Gasteiger partial charge in [-0.3, -0.25) is 0 Å². The van der Waals surface area contributed by atoms with Crippen LogP contribution in [0.2, 0.25) is 0 Å². The molecule has 0 radical (unpaired) electrons. The van der Waals surface area contributed by atoms with E-state index in [4.69, 9.17) is 5.73 Å². The summed E-state index contributed by atoms with van der Waals surface area (Å²) in [6, 6.07) is 5.45. The van der Waals surface area contributed by atoms with Gasteiger partial charge in [0.2, 0.25) is 0 Å². The van der Waals surface area contributed by atoms with Gasteiger partial charge in [-0.15, -0.1) is 11.3 Å². The van der Waals surface area contributed by atoms with E-state index in [1.807, 2.05) is 36.4 Å². The predicted molar refractivity (Wildman–Crippen MR) is 82.6 cm³/mol. The SMILES string of the molecule is CCC(N)Cc1ccc(N(C)Cc2cscn2)c(F)c1. The molecule has 1 unspecified atom stereocenters. The van der Waals surface area contributed by atoms with Crippen LogP contribution in [0.15, 0.2) is 29.1 Å². The topological polar surface area (TPSA) is 42.1 Å². The van der Waals surface area contributed by atoms with Crippen LogP contribution in [0, 0.1) is 5.82 Å². The highest BCUT2D eigenvalue weighted by atomic mass is 32.1. The number of halogens is 1. The summed E-state index contributed by atoms with van der Waals surface area (Å²) in [6.07, 6.45) is 1.61. The average Bonchev–Trinajstić information content (AvgIpc) is 2.91. The molecule has 0 aliphatic rings. The molecule has 1 aromatic heterocycles. The molecule has 0 amide bonds. The number of thiazole rings is 1. The van der Waals surface area contributed by atoms with Crippen LogP contribution in [-0.4, -0.2) is 18.1 Å². The maximum atomic E-state index is 14.2. The second-order valence-corrected chi connectivity index (χ2v) is 5.71. The minimum atomic E-state index is -0.205. The van der Waals surface area contributed by atoms with Gasteiger partial charge in [0.25, 0.3) is 0 Å². The Morgan fingerprint density at radius 2 is 2.25 bits per heavy atom. The molecule has 2 rings (SSSR count). The fourth-order valence-electron chi connectivity index (χ4n) is 2.08. The van der Waals surface area contributed by atoms with Crippen LogP contribution < -0.4 is 10.6 Å². The standard InChI is InChI=1S/C15H20FN3S/c1-3-12(17)6-11-4-5-15(14(16)7-11)19(2)8-13-9-20-10-18-13/h4-5,7,9-10,12H,3,6,8,17H2,1-2H3. The zero-order valence-electron chi connectivity index (χ0n) is 11.8. The molecule has 5 heteroatoms. The van der Waals surface area contributed by atoms with Crippen molar-refractivity contribution in [2.24, 2.45) is 5.73 Å². The second kappa shape index (κ2) is 6.81. The maximum Gasteiger partial charge on any atom is 0.146 e. The van der Waals surface area contributed by atoms with Crippen LogP contribution in [0.5, 0.6) is 0 Å². The highest BCUT2D eigenvalue weighted by molar-refractivity contribution is 7.07. The smallest absolute Gasteiger partial charge is 0.146 e. The van der Waals surface area contributed by atoms with Gasteiger partial charge < -0.3 is 10.6 Å². The third kappa shape index (κ3) is 3.77. The van der Waals surface area contributed by atoms with Gasteiger partial charge in [0, 0.05) is 18.5 Å². The number of nitrogens with two attached hydrogens (primary N) is 1. The molecule has 1 aromatic carbocycles. The van der Waals surface area contributed by atoms with Crippen LogP contribution in [0.3, 0.4) is 0 Å². The first-order valence-electron chi connectivity index (χ1n) is 6.72. The molecule has 2 N–H and O–H groups in total. The quantitative estimate of drug-likeness (QED) is 0.889. The molecule has 0 bridgehead atoms. The second-order valence-electron chi connectivity index (χ2n) is 4.99. The van der Waals surface area contributed by atoms with Gasteiger partial charge in [0.1, 0.15) is 5.82 Å². The molecule has 0 saturated carbocycles. The minimum Gasteiger partial charge on any atom is -0.366 e. The van der Waals surface area contributed by atoms with E-state index in [0.29, 0.717) is 18.7 Å². The number of hydrogen-bond donors (Lipinski definition) is 1. The lowest BCUT2D eigenvalue weighted by atomic mass is 10.0. The zero-order valence-corrected chi connectivity index (χ0v) is 12.7. The molecule has 3 nitrogen and oxygen atoms in total. The molecule has 1 heterocycles. The van der Waals surface area contributed by atoms with Crippen molar-refractivity contribution in [2.75, 3.05) is 11.9 Å². The largest absolute Gasteiger partial charge is 0.366 e. The summed E-state index contributed by atoms with van der Waals surface area (Å²) >= 11 is 1.55. The molecule has 0 spiro atoms. The molecule has 0 aliphatic heterocycles. The van der Waals surface area contributed by atoms with Gasteiger partial charge in [-0.05, 0) is 30.5 Å². The van der Waals surface area contributed by atoms with Gasteiger partial charge in [0.15, 0.2) is 0 Å². The van der Waals surface area contributed by atoms with Crippen molar-refractivity contribution in [3.63, 3.8) is 0 Å². The molecular formula is C15H20FN3S. The predicted octanol–water partition coefficient (Wildman–Crippen LogP) is 3.20. The first-order valence-corrected chi connectivity index (χ1v) is 7.66. The average molecular weight is 293 g/mol. The Bertz CT molecular complexity index is 542. The van der Waals surface area contributed by atoms with E-state index in [9.17, 15) is 4.39 Å². The molecule has 20 heavy (non-hydrogen) atoms. The van der Waals surface area contributed by atoms with Crippen molar-refractivity contribution in [2.45, 2.75) is 32.4 Å². The van der Waals surface area contributed by atoms with E-state index in [2.05, 4.69) is 4.98 Å². The third-order valence-corrected chi connectivity index (χ3v) is 3.96.